The van der Waals surface area contributed by atoms with E-state index in [-0.39, 0.29) is 5.54 Å². The zero-order valence-electron chi connectivity index (χ0n) is 9.87. The molecule has 2 rings (SSSR count). The molecule has 0 atom stereocenters. The Morgan fingerprint density at radius 1 is 1.33 bits per heavy atom. The van der Waals surface area contributed by atoms with Gasteiger partial charge in [-0.1, -0.05) is 0 Å². The van der Waals surface area contributed by atoms with Crippen LogP contribution >= 0.6 is 0 Å². The molecule has 88 valence electrons. The van der Waals surface area contributed by atoms with Crippen LogP contribution in [-0.2, 0) is 4.74 Å². The molecule has 1 saturated carbocycles. The van der Waals surface area contributed by atoms with Gasteiger partial charge in [-0.2, -0.15) is 0 Å². The zero-order chi connectivity index (χ0) is 10.7. The Morgan fingerprint density at radius 2 is 2.00 bits per heavy atom. The molecule has 1 aliphatic heterocycles. The van der Waals surface area contributed by atoms with Crippen LogP contribution in [0.4, 0.5) is 0 Å². The second kappa shape index (κ2) is 4.81. The second-order valence-electron chi connectivity index (χ2n) is 5.24. The van der Waals surface area contributed by atoms with Gasteiger partial charge >= 0.3 is 0 Å². The van der Waals surface area contributed by atoms with E-state index in [4.69, 9.17) is 10.5 Å². The fourth-order valence-electron chi connectivity index (χ4n) is 2.63. The van der Waals surface area contributed by atoms with Gasteiger partial charge in [-0.05, 0) is 45.1 Å². The molecule has 0 aromatic rings. The molecule has 0 bridgehead atoms. The molecule has 1 heterocycles. The first-order valence-corrected chi connectivity index (χ1v) is 6.26. The molecule has 0 aromatic heterocycles. The minimum absolute atomic E-state index is 0.193. The number of likely N-dealkylation sites (tertiary alicyclic amines) is 1. The van der Waals surface area contributed by atoms with Crippen LogP contribution in [0.2, 0.25) is 0 Å². The third-order valence-corrected chi connectivity index (χ3v) is 4.14. The van der Waals surface area contributed by atoms with E-state index in [9.17, 15) is 0 Å². The molecule has 0 spiro atoms. The van der Waals surface area contributed by atoms with Crippen molar-refractivity contribution in [1.82, 2.24) is 4.90 Å². The normalized spacial score (nSPS) is 27.6. The highest BCUT2D eigenvalue weighted by Crippen LogP contribution is 2.32. The number of rotatable bonds is 4. The van der Waals surface area contributed by atoms with Gasteiger partial charge in [-0.15, -0.1) is 0 Å². The maximum atomic E-state index is 6.22. The van der Waals surface area contributed by atoms with Crippen LogP contribution in [0.3, 0.4) is 0 Å². The molecule has 0 unspecified atom stereocenters. The Balaban J connectivity index is 1.64. The summed E-state index contributed by atoms with van der Waals surface area (Å²) in [5.41, 5.74) is 6.41. The van der Waals surface area contributed by atoms with Gasteiger partial charge < -0.3 is 15.4 Å². The van der Waals surface area contributed by atoms with Crippen molar-refractivity contribution >= 4 is 0 Å². The Hall–Kier alpha value is -0.120. The maximum absolute atomic E-state index is 6.22. The SMILES string of the molecule is COC1CCN(CCC2(N)CCC2)CC1. The number of ether oxygens (including phenoxy) is 1. The first-order valence-electron chi connectivity index (χ1n) is 6.26. The fraction of sp³-hybridized carbons (Fsp3) is 1.00. The molecule has 15 heavy (non-hydrogen) atoms. The first-order chi connectivity index (χ1) is 7.22. The van der Waals surface area contributed by atoms with Crippen LogP contribution in [-0.4, -0.2) is 43.3 Å². The Kier molecular flexibility index (Phi) is 3.65. The number of methoxy groups -OCH3 is 1. The van der Waals surface area contributed by atoms with Gasteiger partial charge in [0.2, 0.25) is 0 Å². The van der Waals surface area contributed by atoms with Crippen LogP contribution in [0.15, 0.2) is 0 Å². The third kappa shape index (κ3) is 2.92. The number of hydrogen-bond donors (Lipinski definition) is 1. The molecule has 2 N–H and O–H groups in total. The van der Waals surface area contributed by atoms with Crippen molar-refractivity contribution in [2.24, 2.45) is 5.73 Å². The molecular formula is C12H24N2O. The largest absolute Gasteiger partial charge is 0.381 e. The summed E-state index contributed by atoms with van der Waals surface area (Å²) in [6.07, 6.45) is 7.87. The molecule has 1 saturated heterocycles. The summed E-state index contributed by atoms with van der Waals surface area (Å²) in [6.45, 7) is 3.57. The van der Waals surface area contributed by atoms with E-state index < -0.39 is 0 Å². The summed E-state index contributed by atoms with van der Waals surface area (Å²) in [5.74, 6) is 0. The number of hydrogen-bond acceptors (Lipinski definition) is 3. The Morgan fingerprint density at radius 3 is 2.47 bits per heavy atom. The van der Waals surface area contributed by atoms with Crippen LogP contribution in [0.1, 0.15) is 38.5 Å². The van der Waals surface area contributed by atoms with Gasteiger partial charge in [0.25, 0.3) is 0 Å². The topological polar surface area (TPSA) is 38.5 Å². The van der Waals surface area contributed by atoms with E-state index >= 15 is 0 Å². The fourth-order valence-corrected chi connectivity index (χ4v) is 2.63. The minimum Gasteiger partial charge on any atom is -0.381 e. The predicted octanol–water partition coefficient (Wildman–Crippen LogP) is 1.37. The lowest BCUT2D eigenvalue weighted by atomic mass is 9.75. The van der Waals surface area contributed by atoms with Gasteiger partial charge in [0.05, 0.1) is 6.10 Å². The predicted molar refractivity (Wildman–Crippen MR) is 61.9 cm³/mol. The van der Waals surface area contributed by atoms with Gasteiger partial charge in [0, 0.05) is 25.7 Å². The van der Waals surface area contributed by atoms with Crippen molar-refractivity contribution in [2.75, 3.05) is 26.7 Å². The number of nitrogens with two attached hydrogens (primary N) is 1. The highest BCUT2D eigenvalue weighted by molar-refractivity contribution is 4.93. The number of piperidine rings is 1. The quantitative estimate of drug-likeness (QED) is 0.765. The average molecular weight is 212 g/mol. The minimum atomic E-state index is 0.193. The van der Waals surface area contributed by atoms with E-state index in [2.05, 4.69) is 4.90 Å². The summed E-state index contributed by atoms with van der Waals surface area (Å²) in [4.78, 5) is 2.54. The molecule has 0 amide bonds. The van der Waals surface area contributed by atoms with Crippen molar-refractivity contribution in [3.63, 3.8) is 0 Å². The van der Waals surface area contributed by atoms with Crippen molar-refractivity contribution in [1.29, 1.82) is 0 Å². The summed E-state index contributed by atoms with van der Waals surface area (Å²) < 4.78 is 5.37. The average Bonchev–Trinajstić information content (AvgIpc) is 2.24. The van der Waals surface area contributed by atoms with Crippen LogP contribution in [0.25, 0.3) is 0 Å². The summed E-state index contributed by atoms with van der Waals surface area (Å²) in [6, 6.07) is 0. The Bertz CT molecular complexity index is 196. The molecule has 3 nitrogen and oxygen atoms in total. The molecule has 3 heteroatoms. The van der Waals surface area contributed by atoms with Crippen molar-refractivity contribution < 1.29 is 4.74 Å². The monoisotopic (exact) mass is 212 g/mol. The lowest BCUT2D eigenvalue weighted by molar-refractivity contribution is 0.0372. The summed E-state index contributed by atoms with van der Waals surface area (Å²) in [7, 11) is 1.82. The van der Waals surface area contributed by atoms with E-state index in [1.807, 2.05) is 7.11 Å². The maximum Gasteiger partial charge on any atom is 0.0595 e. The van der Waals surface area contributed by atoms with E-state index in [1.54, 1.807) is 0 Å². The lowest BCUT2D eigenvalue weighted by Gasteiger charge is -2.40. The molecule has 0 radical (unpaired) electrons. The standard InChI is InChI=1S/C12H24N2O/c1-15-11-3-8-14(9-4-11)10-7-12(13)5-2-6-12/h11H,2-10,13H2,1H3. The van der Waals surface area contributed by atoms with Crippen molar-refractivity contribution in [2.45, 2.75) is 50.2 Å². The lowest BCUT2D eigenvalue weighted by Crippen LogP contribution is -2.49. The highest BCUT2D eigenvalue weighted by atomic mass is 16.5. The number of nitrogens with zero attached hydrogens (tertiary/aromatic N) is 1. The van der Waals surface area contributed by atoms with Crippen LogP contribution in [0.5, 0.6) is 0 Å². The van der Waals surface area contributed by atoms with E-state index in [1.165, 1.54) is 58.2 Å². The molecule has 2 fully saturated rings. The van der Waals surface area contributed by atoms with Gasteiger partial charge in [0.1, 0.15) is 0 Å². The summed E-state index contributed by atoms with van der Waals surface area (Å²) >= 11 is 0. The molecule has 0 aromatic carbocycles. The molecule has 1 aliphatic carbocycles. The van der Waals surface area contributed by atoms with Crippen molar-refractivity contribution in [3.8, 4) is 0 Å². The second-order valence-corrected chi connectivity index (χ2v) is 5.24. The van der Waals surface area contributed by atoms with Crippen LogP contribution in [0, 0.1) is 0 Å². The van der Waals surface area contributed by atoms with Gasteiger partial charge in [-0.25, -0.2) is 0 Å². The summed E-state index contributed by atoms with van der Waals surface area (Å²) in [5, 5.41) is 0. The first kappa shape index (κ1) is 11.4. The smallest absolute Gasteiger partial charge is 0.0595 e. The highest BCUT2D eigenvalue weighted by Gasteiger charge is 2.32. The van der Waals surface area contributed by atoms with E-state index in [0.717, 1.165) is 0 Å². The van der Waals surface area contributed by atoms with Crippen molar-refractivity contribution in [3.05, 3.63) is 0 Å². The molecular weight excluding hydrogens is 188 g/mol. The molecule has 2 aliphatic rings. The van der Waals surface area contributed by atoms with Gasteiger partial charge in [-0.3, -0.25) is 0 Å². The third-order valence-electron chi connectivity index (χ3n) is 4.14. The van der Waals surface area contributed by atoms with Crippen LogP contribution < -0.4 is 5.73 Å². The zero-order valence-corrected chi connectivity index (χ0v) is 9.87. The Labute approximate surface area is 93.0 Å². The van der Waals surface area contributed by atoms with Gasteiger partial charge in [0.15, 0.2) is 0 Å². The van der Waals surface area contributed by atoms with E-state index in [0.29, 0.717) is 6.10 Å².